The summed E-state index contributed by atoms with van der Waals surface area (Å²) >= 11 is 3.58. The predicted molar refractivity (Wildman–Crippen MR) is 104 cm³/mol. The molecule has 0 aliphatic heterocycles. The quantitative estimate of drug-likeness (QED) is 0.687. The highest BCUT2D eigenvalue weighted by Crippen LogP contribution is 2.37. The van der Waals surface area contributed by atoms with E-state index in [9.17, 15) is 5.11 Å². The lowest BCUT2D eigenvalue weighted by atomic mass is 10.1. The SMILES string of the molecule is COc1cc(CNC(C)(C)CO)cc(Br)c1OCc1cccc(C)c1. The van der Waals surface area contributed by atoms with Gasteiger partial charge in [-0.3, -0.25) is 0 Å². The molecule has 0 aliphatic rings. The number of hydrogen-bond donors (Lipinski definition) is 2. The number of rotatable bonds is 8. The fourth-order valence-corrected chi connectivity index (χ4v) is 2.97. The Labute approximate surface area is 158 Å². The Bertz CT molecular complexity index is 716. The molecule has 0 unspecified atom stereocenters. The van der Waals surface area contributed by atoms with Gasteiger partial charge in [0.25, 0.3) is 0 Å². The topological polar surface area (TPSA) is 50.7 Å². The summed E-state index contributed by atoms with van der Waals surface area (Å²) in [5.41, 5.74) is 3.04. The first-order chi connectivity index (χ1) is 11.8. The summed E-state index contributed by atoms with van der Waals surface area (Å²) < 4.78 is 12.3. The summed E-state index contributed by atoms with van der Waals surface area (Å²) in [6, 6.07) is 12.2. The number of nitrogens with one attached hydrogen (secondary N) is 1. The zero-order valence-corrected chi connectivity index (χ0v) is 16.8. The molecule has 0 saturated heterocycles. The van der Waals surface area contributed by atoms with Crippen molar-refractivity contribution in [3.05, 3.63) is 57.6 Å². The normalized spacial score (nSPS) is 11.4. The van der Waals surface area contributed by atoms with Crippen molar-refractivity contribution in [3.8, 4) is 11.5 Å². The number of ether oxygens (including phenoxy) is 2. The maximum Gasteiger partial charge on any atom is 0.175 e. The number of halogens is 1. The van der Waals surface area contributed by atoms with Crippen LogP contribution in [-0.4, -0.2) is 24.4 Å². The van der Waals surface area contributed by atoms with E-state index in [2.05, 4.69) is 40.3 Å². The summed E-state index contributed by atoms with van der Waals surface area (Å²) in [6.45, 7) is 7.16. The molecule has 0 bridgehead atoms. The highest BCUT2D eigenvalue weighted by molar-refractivity contribution is 9.10. The molecule has 5 heteroatoms. The van der Waals surface area contributed by atoms with Gasteiger partial charge >= 0.3 is 0 Å². The molecule has 0 saturated carbocycles. The third kappa shape index (κ3) is 5.73. The summed E-state index contributed by atoms with van der Waals surface area (Å²) in [5, 5.41) is 12.7. The standard InChI is InChI=1S/C20H26BrNO3/c1-14-6-5-7-15(8-14)12-25-19-17(21)9-16(10-18(19)24-4)11-22-20(2,3)13-23/h5-10,22-23H,11-13H2,1-4H3. The van der Waals surface area contributed by atoms with E-state index in [1.165, 1.54) is 5.56 Å². The van der Waals surface area contributed by atoms with Gasteiger partial charge in [0.1, 0.15) is 6.61 Å². The second kappa shape index (κ2) is 8.70. The summed E-state index contributed by atoms with van der Waals surface area (Å²) in [7, 11) is 1.64. The number of aryl methyl sites for hydroxylation is 1. The number of methoxy groups -OCH3 is 1. The van der Waals surface area contributed by atoms with Crippen molar-refractivity contribution in [1.82, 2.24) is 5.32 Å². The molecule has 2 N–H and O–H groups in total. The zero-order valence-electron chi connectivity index (χ0n) is 15.2. The lowest BCUT2D eigenvalue weighted by molar-refractivity contribution is 0.187. The number of benzene rings is 2. The van der Waals surface area contributed by atoms with E-state index in [1.807, 2.05) is 38.1 Å². The Morgan fingerprint density at radius 1 is 1.16 bits per heavy atom. The minimum Gasteiger partial charge on any atom is -0.493 e. The smallest absolute Gasteiger partial charge is 0.175 e. The second-order valence-electron chi connectivity index (χ2n) is 6.78. The van der Waals surface area contributed by atoms with Gasteiger partial charge in [-0.1, -0.05) is 29.8 Å². The van der Waals surface area contributed by atoms with E-state index in [-0.39, 0.29) is 12.1 Å². The highest BCUT2D eigenvalue weighted by atomic mass is 79.9. The minimum atomic E-state index is -0.333. The van der Waals surface area contributed by atoms with E-state index in [4.69, 9.17) is 9.47 Å². The largest absolute Gasteiger partial charge is 0.493 e. The molecule has 25 heavy (non-hydrogen) atoms. The molecule has 0 atom stereocenters. The zero-order chi connectivity index (χ0) is 18.4. The first-order valence-corrected chi connectivity index (χ1v) is 9.04. The van der Waals surface area contributed by atoms with E-state index < -0.39 is 0 Å². The molecule has 0 radical (unpaired) electrons. The molecule has 0 heterocycles. The van der Waals surface area contributed by atoms with E-state index in [0.29, 0.717) is 24.7 Å². The Hall–Kier alpha value is -1.56. The van der Waals surface area contributed by atoms with Crippen LogP contribution in [0.3, 0.4) is 0 Å². The van der Waals surface area contributed by atoms with Crippen molar-refractivity contribution in [1.29, 1.82) is 0 Å². The first-order valence-electron chi connectivity index (χ1n) is 8.25. The third-order valence-corrected chi connectivity index (χ3v) is 4.51. The van der Waals surface area contributed by atoms with Crippen molar-refractivity contribution in [3.63, 3.8) is 0 Å². The minimum absolute atomic E-state index is 0.0724. The summed E-state index contributed by atoms with van der Waals surface area (Å²) in [6.07, 6.45) is 0. The van der Waals surface area contributed by atoms with E-state index in [0.717, 1.165) is 15.6 Å². The molecule has 0 fully saturated rings. The fourth-order valence-electron chi connectivity index (χ4n) is 2.37. The Kier molecular flexibility index (Phi) is 6.87. The summed E-state index contributed by atoms with van der Waals surface area (Å²) in [5.74, 6) is 1.37. The van der Waals surface area contributed by atoms with Crippen LogP contribution < -0.4 is 14.8 Å². The lowest BCUT2D eigenvalue weighted by Gasteiger charge is -2.24. The van der Waals surface area contributed by atoms with Crippen LogP contribution in [-0.2, 0) is 13.2 Å². The number of aliphatic hydroxyl groups is 1. The van der Waals surface area contributed by atoms with E-state index >= 15 is 0 Å². The third-order valence-electron chi connectivity index (χ3n) is 3.92. The van der Waals surface area contributed by atoms with E-state index in [1.54, 1.807) is 7.11 Å². The van der Waals surface area contributed by atoms with Crippen LogP contribution in [0.1, 0.15) is 30.5 Å². The van der Waals surface area contributed by atoms with Gasteiger partial charge in [-0.15, -0.1) is 0 Å². The Morgan fingerprint density at radius 3 is 2.56 bits per heavy atom. The van der Waals surface area contributed by atoms with Gasteiger partial charge in [-0.2, -0.15) is 0 Å². The molecule has 0 aromatic heterocycles. The average Bonchev–Trinajstić information content (AvgIpc) is 2.58. The van der Waals surface area contributed by atoms with Gasteiger partial charge in [-0.05, 0) is 60.0 Å². The van der Waals surface area contributed by atoms with Gasteiger partial charge in [-0.25, -0.2) is 0 Å². The van der Waals surface area contributed by atoms with Crippen molar-refractivity contribution in [2.75, 3.05) is 13.7 Å². The second-order valence-corrected chi connectivity index (χ2v) is 7.64. The van der Waals surface area contributed by atoms with Gasteiger partial charge in [0, 0.05) is 12.1 Å². The molecule has 136 valence electrons. The van der Waals surface area contributed by atoms with Crippen LogP contribution in [0, 0.1) is 6.92 Å². The van der Waals surface area contributed by atoms with Gasteiger partial charge in [0.2, 0.25) is 0 Å². The maximum atomic E-state index is 9.35. The van der Waals surface area contributed by atoms with Crippen LogP contribution in [0.25, 0.3) is 0 Å². The van der Waals surface area contributed by atoms with Crippen LogP contribution in [0.5, 0.6) is 11.5 Å². The molecule has 4 nitrogen and oxygen atoms in total. The fraction of sp³-hybridized carbons (Fsp3) is 0.400. The van der Waals surface area contributed by atoms with Crippen molar-refractivity contribution >= 4 is 15.9 Å². The molecule has 0 aliphatic carbocycles. The molecule has 2 aromatic rings. The van der Waals surface area contributed by atoms with Crippen LogP contribution >= 0.6 is 15.9 Å². The van der Waals surface area contributed by atoms with Crippen molar-refractivity contribution < 1.29 is 14.6 Å². The Morgan fingerprint density at radius 2 is 1.92 bits per heavy atom. The maximum absolute atomic E-state index is 9.35. The predicted octanol–water partition coefficient (Wildman–Crippen LogP) is 4.21. The van der Waals surface area contributed by atoms with Crippen LogP contribution in [0.15, 0.2) is 40.9 Å². The first kappa shape index (κ1) is 19.8. The van der Waals surface area contributed by atoms with Gasteiger partial charge in [0.05, 0.1) is 18.2 Å². The van der Waals surface area contributed by atoms with Crippen LogP contribution in [0.4, 0.5) is 0 Å². The molecule has 2 aromatic carbocycles. The number of aliphatic hydroxyl groups excluding tert-OH is 1. The van der Waals surface area contributed by atoms with Gasteiger partial charge in [0.15, 0.2) is 11.5 Å². The number of hydrogen-bond acceptors (Lipinski definition) is 4. The highest BCUT2D eigenvalue weighted by Gasteiger charge is 2.17. The lowest BCUT2D eigenvalue weighted by Crippen LogP contribution is -2.42. The molecule has 2 rings (SSSR count). The molecular formula is C20H26BrNO3. The Balaban J connectivity index is 2.13. The summed E-state index contributed by atoms with van der Waals surface area (Å²) in [4.78, 5) is 0. The van der Waals surface area contributed by atoms with Gasteiger partial charge < -0.3 is 19.9 Å². The van der Waals surface area contributed by atoms with Crippen molar-refractivity contribution in [2.24, 2.45) is 0 Å². The average molecular weight is 408 g/mol. The molecule has 0 spiro atoms. The van der Waals surface area contributed by atoms with Crippen LogP contribution in [0.2, 0.25) is 0 Å². The van der Waals surface area contributed by atoms with Crippen molar-refractivity contribution in [2.45, 2.75) is 39.5 Å². The molecule has 0 amide bonds. The molecular weight excluding hydrogens is 382 g/mol. The monoisotopic (exact) mass is 407 g/mol.